The number of aryl methyl sites for hydroxylation is 1. The highest BCUT2D eigenvalue weighted by molar-refractivity contribution is 7.89. The number of sulfonamides is 1. The Morgan fingerprint density at radius 2 is 1.76 bits per heavy atom. The maximum Gasteiger partial charge on any atom is 0.337 e. The largest absolute Gasteiger partial charge is 0.465 e. The van der Waals surface area contributed by atoms with Crippen LogP contribution in [0.4, 0.5) is 0 Å². The van der Waals surface area contributed by atoms with Gasteiger partial charge in [-0.3, -0.25) is 4.79 Å². The minimum absolute atomic E-state index is 0.137. The summed E-state index contributed by atoms with van der Waals surface area (Å²) in [6, 6.07) is 11.0. The number of hydrogen-bond acceptors (Lipinski definition) is 6. The van der Waals surface area contributed by atoms with E-state index >= 15 is 0 Å². The number of carbonyl (C=O) groups excluding carboxylic acids is 2. The lowest BCUT2D eigenvalue weighted by molar-refractivity contribution is 0.0600. The third-order valence-corrected chi connectivity index (χ3v) is 8.17. The van der Waals surface area contributed by atoms with Gasteiger partial charge in [-0.05, 0) is 55.8 Å². The lowest BCUT2D eigenvalue weighted by atomic mass is 10.2. The molecule has 0 saturated carbocycles. The standard InChI is InChI=1S/C23H27N3O5S2/c1-5-7-14-25(3)33(29,30)18-11-8-16(9-12-18)21(27)24-23-26(6-2)19-13-10-17(22(28)31-4)15-20(19)32-23/h8-13,15H,5-7,14H2,1-4H3. The number of rotatable bonds is 8. The predicted octanol–water partition coefficient (Wildman–Crippen LogP) is 3.67. The molecule has 0 aliphatic rings. The van der Waals surface area contributed by atoms with Gasteiger partial charge in [-0.15, -0.1) is 0 Å². The van der Waals surface area contributed by atoms with E-state index in [2.05, 4.69) is 4.99 Å². The number of hydrogen-bond donors (Lipinski definition) is 0. The fraction of sp³-hybridized carbons (Fsp3) is 0.348. The minimum atomic E-state index is -3.60. The van der Waals surface area contributed by atoms with Crippen molar-refractivity contribution in [2.45, 2.75) is 38.1 Å². The maximum atomic E-state index is 12.8. The van der Waals surface area contributed by atoms with Gasteiger partial charge in [0.25, 0.3) is 5.91 Å². The molecule has 1 heterocycles. The summed E-state index contributed by atoms with van der Waals surface area (Å²) < 4.78 is 34.1. The molecule has 3 aromatic rings. The molecular formula is C23H27N3O5S2. The van der Waals surface area contributed by atoms with Crippen LogP contribution in [0.15, 0.2) is 52.4 Å². The Balaban J connectivity index is 1.93. The summed E-state index contributed by atoms with van der Waals surface area (Å²) >= 11 is 1.30. The minimum Gasteiger partial charge on any atom is -0.465 e. The lowest BCUT2D eigenvalue weighted by Gasteiger charge is -2.16. The average Bonchev–Trinajstić information content (AvgIpc) is 3.17. The quantitative estimate of drug-likeness (QED) is 0.450. The van der Waals surface area contributed by atoms with Gasteiger partial charge in [-0.25, -0.2) is 17.5 Å². The van der Waals surface area contributed by atoms with Gasteiger partial charge in [0, 0.05) is 25.7 Å². The second-order valence-corrected chi connectivity index (χ2v) is 10.5. The van der Waals surface area contributed by atoms with Crippen LogP contribution >= 0.6 is 11.3 Å². The number of thiazole rings is 1. The normalized spacial score (nSPS) is 12.5. The summed E-state index contributed by atoms with van der Waals surface area (Å²) in [4.78, 5) is 29.5. The summed E-state index contributed by atoms with van der Waals surface area (Å²) in [6.07, 6.45) is 1.67. The van der Waals surface area contributed by atoms with Crippen molar-refractivity contribution in [2.24, 2.45) is 4.99 Å². The van der Waals surface area contributed by atoms with Crippen LogP contribution in [0.2, 0.25) is 0 Å². The second-order valence-electron chi connectivity index (χ2n) is 7.42. The number of ether oxygens (including phenoxy) is 1. The van der Waals surface area contributed by atoms with Crippen LogP contribution in [0.3, 0.4) is 0 Å². The van der Waals surface area contributed by atoms with E-state index < -0.39 is 21.9 Å². The Kier molecular flexibility index (Phi) is 7.83. The second kappa shape index (κ2) is 10.4. The van der Waals surface area contributed by atoms with Crippen molar-refractivity contribution in [1.82, 2.24) is 8.87 Å². The van der Waals surface area contributed by atoms with Crippen molar-refractivity contribution in [3.8, 4) is 0 Å². The van der Waals surface area contributed by atoms with E-state index in [0.29, 0.717) is 29.0 Å². The molecule has 0 aliphatic heterocycles. The number of esters is 1. The number of fused-ring (bicyclic) bond motifs is 1. The fourth-order valence-electron chi connectivity index (χ4n) is 3.31. The Bertz CT molecular complexity index is 1340. The number of methoxy groups -OCH3 is 1. The van der Waals surface area contributed by atoms with Gasteiger partial charge in [0.1, 0.15) is 0 Å². The Hall–Kier alpha value is -2.82. The smallest absolute Gasteiger partial charge is 0.337 e. The molecule has 0 bridgehead atoms. The third kappa shape index (κ3) is 5.23. The lowest BCUT2D eigenvalue weighted by Crippen LogP contribution is -2.27. The Morgan fingerprint density at radius 3 is 2.36 bits per heavy atom. The van der Waals surface area contributed by atoms with Crippen LogP contribution < -0.4 is 4.80 Å². The number of nitrogens with zero attached hydrogens (tertiary/aromatic N) is 3. The molecule has 0 aliphatic carbocycles. The summed E-state index contributed by atoms with van der Waals surface area (Å²) in [7, 11) is -0.725. The molecule has 0 radical (unpaired) electrons. The molecule has 2 aromatic carbocycles. The van der Waals surface area contributed by atoms with Gasteiger partial charge in [-0.1, -0.05) is 24.7 Å². The van der Waals surface area contributed by atoms with Crippen molar-refractivity contribution >= 4 is 43.5 Å². The number of benzene rings is 2. The summed E-state index contributed by atoms with van der Waals surface area (Å²) in [5.41, 5.74) is 1.58. The van der Waals surface area contributed by atoms with Gasteiger partial charge in [0.2, 0.25) is 10.0 Å². The van der Waals surface area contributed by atoms with Crippen LogP contribution in [0.25, 0.3) is 10.2 Å². The number of carbonyl (C=O) groups is 2. The summed E-state index contributed by atoms with van der Waals surface area (Å²) in [5.74, 6) is -0.904. The molecule has 176 valence electrons. The van der Waals surface area contributed by atoms with Crippen LogP contribution in [-0.2, 0) is 21.3 Å². The van der Waals surface area contributed by atoms with Gasteiger partial charge in [-0.2, -0.15) is 4.99 Å². The molecule has 0 fully saturated rings. The highest BCUT2D eigenvalue weighted by Gasteiger charge is 2.20. The predicted molar refractivity (Wildman–Crippen MR) is 128 cm³/mol. The van der Waals surface area contributed by atoms with Crippen LogP contribution in [0.5, 0.6) is 0 Å². The molecule has 1 aromatic heterocycles. The number of unbranched alkanes of at least 4 members (excludes halogenated alkanes) is 1. The average molecular weight is 490 g/mol. The van der Waals surface area contributed by atoms with Gasteiger partial charge in [0.05, 0.1) is 27.8 Å². The van der Waals surface area contributed by atoms with E-state index in [-0.39, 0.29) is 4.90 Å². The topological polar surface area (TPSA) is 98.0 Å². The third-order valence-electron chi connectivity index (χ3n) is 5.25. The molecule has 0 unspecified atom stereocenters. The van der Waals surface area contributed by atoms with Crippen molar-refractivity contribution in [1.29, 1.82) is 0 Å². The highest BCUT2D eigenvalue weighted by Crippen LogP contribution is 2.20. The molecule has 3 rings (SSSR count). The first-order valence-electron chi connectivity index (χ1n) is 10.6. The molecule has 0 N–H and O–H groups in total. The van der Waals surface area contributed by atoms with Crippen LogP contribution in [-0.4, -0.2) is 49.9 Å². The monoisotopic (exact) mass is 489 g/mol. The van der Waals surface area contributed by atoms with Gasteiger partial charge < -0.3 is 9.30 Å². The van der Waals surface area contributed by atoms with E-state index in [4.69, 9.17) is 4.74 Å². The Morgan fingerprint density at radius 1 is 1.09 bits per heavy atom. The Labute approximate surface area is 197 Å². The summed E-state index contributed by atoms with van der Waals surface area (Å²) in [6.45, 7) is 4.97. The molecule has 10 heteroatoms. The summed E-state index contributed by atoms with van der Waals surface area (Å²) in [5, 5.41) is 0. The van der Waals surface area contributed by atoms with Crippen molar-refractivity contribution in [3.05, 3.63) is 58.4 Å². The zero-order chi connectivity index (χ0) is 24.2. The van der Waals surface area contributed by atoms with E-state index in [1.54, 1.807) is 25.2 Å². The molecule has 33 heavy (non-hydrogen) atoms. The van der Waals surface area contributed by atoms with E-state index in [1.807, 2.05) is 18.4 Å². The molecular weight excluding hydrogens is 462 g/mol. The molecule has 0 spiro atoms. The first-order valence-corrected chi connectivity index (χ1v) is 12.9. The molecule has 1 amide bonds. The molecule has 0 saturated heterocycles. The molecule has 0 atom stereocenters. The van der Waals surface area contributed by atoms with Crippen LogP contribution in [0, 0.1) is 0 Å². The van der Waals surface area contributed by atoms with Crippen molar-refractivity contribution < 1.29 is 22.7 Å². The zero-order valence-corrected chi connectivity index (χ0v) is 20.7. The van der Waals surface area contributed by atoms with Crippen molar-refractivity contribution in [2.75, 3.05) is 20.7 Å². The first-order chi connectivity index (χ1) is 15.7. The van der Waals surface area contributed by atoms with E-state index in [0.717, 1.165) is 23.1 Å². The SMILES string of the molecule is CCCCN(C)S(=O)(=O)c1ccc(C(=O)N=c2sc3cc(C(=O)OC)ccc3n2CC)cc1. The van der Waals surface area contributed by atoms with Gasteiger partial charge >= 0.3 is 5.97 Å². The molecule has 8 nitrogen and oxygen atoms in total. The maximum absolute atomic E-state index is 12.8. The van der Waals surface area contributed by atoms with Crippen molar-refractivity contribution in [3.63, 3.8) is 0 Å². The zero-order valence-electron chi connectivity index (χ0n) is 19.1. The highest BCUT2D eigenvalue weighted by atomic mass is 32.2. The number of amides is 1. The van der Waals surface area contributed by atoms with E-state index in [1.165, 1.54) is 47.0 Å². The fourth-order valence-corrected chi connectivity index (χ4v) is 5.65. The van der Waals surface area contributed by atoms with Gasteiger partial charge in [0.15, 0.2) is 4.80 Å². The van der Waals surface area contributed by atoms with E-state index in [9.17, 15) is 18.0 Å². The van der Waals surface area contributed by atoms with Crippen LogP contribution in [0.1, 0.15) is 47.4 Å². The first kappa shape index (κ1) is 24.8. The number of aromatic nitrogens is 1.